The zero-order valence-electron chi connectivity index (χ0n) is 16.2. The van der Waals surface area contributed by atoms with Gasteiger partial charge in [-0.05, 0) is 53.3 Å². The molecule has 142 valence electrons. The van der Waals surface area contributed by atoms with E-state index in [0.717, 1.165) is 27.8 Å². The van der Waals surface area contributed by atoms with Gasteiger partial charge in [0, 0.05) is 5.57 Å². The number of benzene rings is 3. The van der Waals surface area contributed by atoms with E-state index in [2.05, 4.69) is 62.0 Å². The van der Waals surface area contributed by atoms with Crippen LogP contribution in [0.25, 0.3) is 22.3 Å². The lowest BCUT2D eigenvalue weighted by atomic mass is 9.95. The van der Waals surface area contributed by atoms with Gasteiger partial charge in [-0.25, -0.2) is 4.79 Å². The fraction of sp³-hybridized carbons (Fsp3) is 0.160. The summed E-state index contributed by atoms with van der Waals surface area (Å²) in [5.74, 6) is -0.421. The number of aliphatic hydroxyl groups excluding tert-OH is 1. The molecule has 0 bridgehead atoms. The second kappa shape index (κ2) is 8.68. The molecule has 0 amide bonds. The van der Waals surface area contributed by atoms with Gasteiger partial charge in [0.25, 0.3) is 0 Å². The summed E-state index contributed by atoms with van der Waals surface area (Å²) in [5.41, 5.74) is 7.55. The molecule has 3 rings (SSSR count). The number of ether oxygens (including phenoxy) is 1. The summed E-state index contributed by atoms with van der Waals surface area (Å²) in [7, 11) is 0. The van der Waals surface area contributed by atoms with Gasteiger partial charge < -0.3 is 9.84 Å². The molecule has 3 nitrogen and oxygen atoms in total. The van der Waals surface area contributed by atoms with Gasteiger partial charge in [0.2, 0.25) is 0 Å². The zero-order chi connectivity index (χ0) is 20.1. The fourth-order valence-electron chi connectivity index (χ4n) is 3.00. The van der Waals surface area contributed by atoms with Gasteiger partial charge in [-0.2, -0.15) is 0 Å². The minimum Gasteiger partial charge on any atom is -0.457 e. The first-order valence-electron chi connectivity index (χ1n) is 9.20. The number of aryl methyl sites for hydroxylation is 1. The van der Waals surface area contributed by atoms with Crippen LogP contribution in [0, 0.1) is 6.92 Å². The highest BCUT2D eigenvalue weighted by atomic mass is 16.5. The fourth-order valence-corrected chi connectivity index (χ4v) is 3.00. The number of hydrogen-bond donors (Lipinski definition) is 1. The minimum atomic E-state index is -0.421. The Bertz CT molecular complexity index is 983. The molecular weight excluding hydrogens is 348 g/mol. The molecule has 3 aromatic rings. The van der Waals surface area contributed by atoms with E-state index in [1.165, 1.54) is 11.1 Å². The minimum absolute atomic E-state index is 0.0614. The van der Waals surface area contributed by atoms with E-state index in [9.17, 15) is 9.90 Å². The Morgan fingerprint density at radius 1 is 0.929 bits per heavy atom. The highest BCUT2D eigenvalue weighted by molar-refractivity contribution is 5.87. The summed E-state index contributed by atoms with van der Waals surface area (Å²) in [6, 6.07) is 22.4. The quantitative estimate of drug-likeness (QED) is 0.463. The molecule has 28 heavy (non-hydrogen) atoms. The summed E-state index contributed by atoms with van der Waals surface area (Å²) in [6.45, 7) is 7.38. The summed E-state index contributed by atoms with van der Waals surface area (Å²) >= 11 is 0. The van der Waals surface area contributed by atoms with Crippen molar-refractivity contribution in [1.82, 2.24) is 0 Å². The van der Waals surface area contributed by atoms with E-state index in [1.807, 2.05) is 18.2 Å². The van der Waals surface area contributed by atoms with Gasteiger partial charge in [0.15, 0.2) is 0 Å². The maximum atomic E-state index is 11.8. The molecule has 0 radical (unpaired) electrons. The summed E-state index contributed by atoms with van der Waals surface area (Å²) < 4.78 is 5.34. The van der Waals surface area contributed by atoms with Crippen LogP contribution in [-0.2, 0) is 22.7 Å². The van der Waals surface area contributed by atoms with E-state index in [1.54, 1.807) is 6.92 Å². The Labute approximate surface area is 165 Å². The number of carbonyl (C=O) groups is 1. The van der Waals surface area contributed by atoms with E-state index in [4.69, 9.17) is 4.74 Å². The first-order valence-corrected chi connectivity index (χ1v) is 9.20. The molecule has 0 saturated carbocycles. The Hall–Kier alpha value is -3.17. The topological polar surface area (TPSA) is 46.5 Å². The Morgan fingerprint density at radius 2 is 1.50 bits per heavy atom. The standard InChI is InChI=1S/C25H24O3/c1-17(2)25(27)28-16-23-14-19(15-26)6-13-24(23)22-11-9-21(10-12-22)20-7-4-18(3)5-8-20/h4-14,26H,1,15-16H2,2-3H3. The van der Waals surface area contributed by atoms with Crippen molar-refractivity contribution in [1.29, 1.82) is 0 Å². The van der Waals surface area contributed by atoms with Crippen molar-refractivity contribution in [2.75, 3.05) is 0 Å². The number of aliphatic hydroxyl groups is 1. The van der Waals surface area contributed by atoms with Gasteiger partial charge >= 0.3 is 5.97 Å². The number of rotatable bonds is 6. The zero-order valence-corrected chi connectivity index (χ0v) is 16.2. The molecule has 3 heteroatoms. The number of esters is 1. The van der Waals surface area contributed by atoms with Gasteiger partial charge in [-0.15, -0.1) is 0 Å². The van der Waals surface area contributed by atoms with Crippen LogP contribution >= 0.6 is 0 Å². The van der Waals surface area contributed by atoms with Crippen LogP contribution in [0.5, 0.6) is 0 Å². The maximum absolute atomic E-state index is 11.8. The number of hydrogen-bond acceptors (Lipinski definition) is 3. The maximum Gasteiger partial charge on any atom is 0.333 e. The van der Waals surface area contributed by atoms with Crippen LogP contribution in [0.1, 0.15) is 23.6 Å². The monoisotopic (exact) mass is 372 g/mol. The molecular formula is C25H24O3. The van der Waals surface area contributed by atoms with Gasteiger partial charge in [-0.3, -0.25) is 0 Å². The molecule has 0 saturated heterocycles. The number of carbonyl (C=O) groups excluding carboxylic acids is 1. The molecule has 0 spiro atoms. The summed E-state index contributed by atoms with van der Waals surface area (Å²) in [6.07, 6.45) is 0. The van der Waals surface area contributed by atoms with Crippen molar-refractivity contribution in [2.45, 2.75) is 27.1 Å². The second-order valence-corrected chi connectivity index (χ2v) is 6.95. The molecule has 0 aliphatic rings. The normalized spacial score (nSPS) is 10.5. The molecule has 0 heterocycles. The van der Waals surface area contributed by atoms with Gasteiger partial charge in [0.1, 0.15) is 6.61 Å². The van der Waals surface area contributed by atoms with Crippen LogP contribution in [0.3, 0.4) is 0 Å². The van der Waals surface area contributed by atoms with Crippen LogP contribution in [0.2, 0.25) is 0 Å². The average molecular weight is 372 g/mol. The SMILES string of the molecule is C=C(C)C(=O)OCc1cc(CO)ccc1-c1ccc(-c2ccc(C)cc2)cc1. The lowest BCUT2D eigenvalue weighted by Gasteiger charge is -2.13. The predicted octanol–water partition coefficient (Wildman–Crippen LogP) is 5.44. The molecule has 0 atom stereocenters. The predicted molar refractivity (Wildman–Crippen MR) is 113 cm³/mol. The first kappa shape index (κ1) is 19.6. The molecule has 3 aromatic carbocycles. The van der Waals surface area contributed by atoms with Crippen molar-refractivity contribution in [2.24, 2.45) is 0 Å². The third kappa shape index (κ3) is 4.56. The third-order valence-corrected chi connectivity index (χ3v) is 4.64. The van der Waals surface area contributed by atoms with Crippen LogP contribution in [0.15, 0.2) is 78.9 Å². The van der Waals surface area contributed by atoms with Crippen LogP contribution in [-0.4, -0.2) is 11.1 Å². The van der Waals surface area contributed by atoms with Crippen molar-refractivity contribution in [3.8, 4) is 22.3 Å². The van der Waals surface area contributed by atoms with Crippen molar-refractivity contribution >= 4 is 5.97 Å². The van der Waals surface area contributed by atoms with E-state index in [-0.39, 0.29) is 13.2 Å². The molecule has 0 aromatic heterocycles. The summed E-state index contributed by atoms with van der Waals surface area (Å²) in [4.78, 5) is 11.8. The Balaban J connectivity index is 1.90. The van der Waals surface area contributed by atoms with Crippen molar-refractivity contribution in [3.63, 3.8) is 0 Å². The first-order chi connectivity index (χ1) is 13.5. The van der Waals surface area contributed by atoms with Crippen molar-refractivity contribution < 1.29 is 14.6 Å². The highest BCUT2D eigenvalue weighted by Gasteiger charge is 2.10. The third-order valence-electron chi connectivity index (χ3n) is 4.64. The molecule has 0 fully saturated rings. The molecule has 0 unspecified atom stereocenters. The lowest BCUT2D eigenvalue weighted by molar-refractivity contribution is -0.140. The van der Waals surface area contributed by atoms with E-state index < -0.39 is 5.97 Å². The Morgan fingerprint density at radius 3 is 2.07 bits per heavy atom. The molecule has 0 aliphatic carbocycles. The van der Waals surface area contributed by atoms with E-state index in [0.29, 0.717) is 5.57 Å². The highest BCUT2D eigenvalue weighted by Crippen LogP contribution is 2.29. The smallest absolute Gasteiger partial charge is 0.333 e. The largest absolute Gasteiger partial charge is 0.457 e. The Kier molecular flexibility index (Phi) is 6.07. The molecule has 1 N–H and O–H groups in total. The van der Waals surface area contributed by atoms with Crippen LogP contribution in [0.4, 0.5) is 0 Å². The second-order valence-electron chi connectivity index (χ2n) is 6.95. The molecule has 0 aliphatic heterocycles. The lowest BCUT2D eigenvalue weighted by Crippen LogP contribution is -2.06. The van der Waals surface area contributed by atoms with E-state index >= 15 is 0 Å². The average Bonchev–Trinajstić information content (AvgIpc) is 2.72. The summed E-state index contributed by atoms with van der Waals surface area (Å²) in [5, 5.41) is 9.45. The van der Waals surface area contributed by atoms with Gasteiger partial charge in [-0.1, -0.05) is 72.8 Å². The van der Waals surface area contributed by atoms with Gasteiger partial charge in [0.05, 0.1) is 6.61 Å². The van der Waals surface area contributed by atoms with Crippen molar-refractivity contribution in [3.05, 3.63) is 95.6 Å². The van der Waals surface area contributed by atoms with Crippen LogP contribution < -0.4 is 0 Å².